The first kappa shape index (κ1) is 14.7. The van der Waals surface area contributed by atoms with Crippen molar-refractivity contribution in [1.82, 2.24) is 4.98 Å². The van der Waals surface area contributed by atoms with Crippen molar-refractivity contribution in [2.24, 2.45) is 0 Å². The van der Waals surface area contributed by atoms with Crippen LogP contribution in [0.15, 0.2) is 42.5 Å². The summed E-state index contributed by atoms with van der Waals surface area (Å²) in [5, 5.41) is 1.08. The molecular formula is C18H13ClFNO. The number of hydrogen-bond acceptors (Lipinski definition) is 2. The molecule has 1 aromatic heterocycles. The van der Waals surface area contributed by atoms with Gasteiger partial charge < -0.3 is 0 Å². The fourth-order valence-electron chi connectivity index (χ4n) is 2.52. The number of Topliss-reactive ketones (excluding diaryl/α,β-unsaturated/α-hetero) is 1. The van der Waals surface area contributed by atoms with E-state index < -0.39 is 0 Å². The molecule has 0 atom stereocenters. The van der Waals surface area contributed by atoms with Gasteiger partial charge in [-0.05, 0) is 55.3 Å². The van der Waals surface area contributed by atoms with Crippen molar-refractivity contribution in [2.75, 3.05) is 0 Å². The molecule has 0 saturated carbocycles. The van der Waals surface area contributed by atoms with E-state index in [1.54, 1.807) is 12.1 Å². The van der Waals surface area contributed by atoms with Crippen LogP contribution in [0.5, 0.6) is 0 Å². The van der Waals surface area contributed by atoms with Crippen LogP contribution in [0, 0.1) is 12.7 Å². The number of rotatable bonds is 2. The number of aryl methyl sites for hydroxylation is 1. The Kier molecular flexibility index (Phi) is 3.67. The van der Waals surface area contributed by atoms with Crippen molar-refractivity contribution < 1.29 is 9.18 Å². The van der Waals surface area contributed by atoms with Gasteiger partial charge in [0.1, 0.15) is 11.0 Å². The van der Waals surface area contributed by atoms with Gasteiger partial charge in [-0.1, -0.05) is 23.7 Å². The molecule has 3 aromatic rings. The predicted octanol–water partition coefficient (Wildman–Crippen LogP) is 5.21. The lowest BCUT2D eigenvalue weighted by atomic mass is 9.99. The molecule has 1 heterocycles. The molecule has 0 bridgehead atoms. The number of ketones is 1. The summed E-state index contributed by atoms with van der Waals surface area (Å²) >= 11 is 6.27. The van der Waals surface area contributed by atoms with Gasteiger partial charge in [-0.15, -0.1) is 0 Å². The van der Waals surface area contributed by atoms with Crippen LogP contribution in [0.2, 0.25) is 5.15 Å². The summed E-state index contributed by atoms with van der Waals surface area (Å²) in [4.78, 5) is 16.3. The van der Waals surface area contributed by atoms with Crippen molar-refractivity contribution in [1.29, 1.82) is 0 Å². The van der Waals surface area contributed by atoms with Gasteiger partial charge in [0.25, 0.3) is 0 Å². The average Bonchev–Trinajstić information content (AvgIpc) is 2.46. The molecule has 2 aromatic carbocycles. The largest absolute Gasteiger partial charge is 0.294 e. The summed E-state index contributed by atoms with van der Waals surface area (Å²) in [5.41, 5.74) is 3.69. The number of aromatic nitrogens is 1. The Morgan fingerprint density at radius 2 is 1.82 bits per heavy atom. The van der Waals surface area contributed by atoms with Gasteiger partial charge in [-0.2, -0.15) is 0 Å². The third-order valence-corrected chi connectivity index (χ3v) is 3.85. The number of benzene rings is 2. The van der Waals surface area contributed by atoms with Gasteiger partial charge in [0.15, 0.2) is 5.78 Å². The molecule has 0 radical (unpaired) electrons. The molecule has 0 spiro atoms. The van der Waals surface area contributed by atoms with Gasteiger partial charge in [0.2, 0.25) is 0 Å². The average molecular weight is 314 g/mol. The van der Waals surface area contributed by atoms with Crippen molar-refractivity contribution in [3.63, 3.8) is 0 Å². The number of pyridine rings is 1. The lowest BCUT2D eigenvalue weighted by Gasteiger charge is -2.10. The topological polar surface area (TPSA) is 30.0 Å². The molecule has 2 nitrogen and oxygen atoms in total. The highest BCUT2D eigenvalue weighted by atomic mass is 35.5. The van der Waals surface area contributed by atoms with E-state index in [1.165, 1.54) is 19.1 Å². The second-order valence-corrected chi connectivity index (χ2v) is 5.63. The number of nitrogens with zero attached hydrogens (tertiary/aromatic N) is 1. The molecule has 0 aliphatic rings. The van der Waals surface area contributed by atoms with Crippen LogP contribution in [0.1, 0.15) is 22.8 Å². The third-order valence-electron chi connectivity index (χ3n) is 3.57. The smallest absolute Gasteiger partial charge is 0.160 e. The Morgan fingerprint density at radius 3 is 2.45 bits per heavy atom. The molecule has 0 unspecified atom stereocenters. The molecule has 0 N–H and O–H groups in total. The van der Waals surface area contributed by atoms with E-state index in [-0.39, 0.29) is 11.6 Å². The van der Waals surface area contributed by atoms with Gasteiger partial charge >= 0.3 is 0 Å². The monoisotopic (exact) mass is 313 g/mol. The van der Waals surface area contributed by atoms with Gasteiger partial charge in [0.05, 0.1) is 5.52 Å². The fourth-order valence-corrected chi connectivity index (χ4v) is 2.77. The van der Waals surface area contributed by atoms with E-state index in [4.69, 9.17) is 11.6 Å². The minimum absolute atomic E-state index is 0.0251. The number of halogens is 2. The van der Waals surface area contributed by atoms with Crippen LogP contribution < -0.4 is 0 Å². The highest BCUT2D eigenvalue weighted by molar-refractivity contribution is 6.32. The molecular weight excluding hydrogens is 301 g/mol. The minimum Gasteiger partial charge on any atom is -0.294 e. The Hall–Kier alpha value is -2.26. The fraction of sp³-hybridized carbons (Fsp3) is 0.111. The number of carbonyl (C=O) groups is 1. The molecule has 0 aliphatic heterocycles. The maximum Gasteiger partial charge on any atom is 0.160 e. The van der Waals surface area contributed by atoms with E-state index in [2.05, 4.69) is 4.98 Å². The van der Waals surface area contributed by atoms with Crippen LogP contribution >= 0.6 is 11.6 Å². The normalized spacial score (nSPS) is 10.9. The quantitative estimate of drug-likeness (QED) is 0.480. The van der Waals surface area contributed by atoms with Crippen LogP contribution in [0.25, 0.3) is 22.0 Å². The first-order valence-corrected chi connectivity index (χ1v) is 7.21. The molecule has 0 amide bonds. The zero-order valence-electron chi connectivity index (χ0n) is 12.2. The number of fused-ring (bicyclic) bond motifs is 1. The van der Waals surface area contributed by atoms with Crippen LogP contribution in [-0.2, 0) is 0 Å². The van der Waals surface area contributed by atoms with Crippen molar-refractivity contribution in [3.8, 4) is 11.1 Å². The van der Waals surface area contributed by atoms with Crippen molar-refractivity contribution in [2.45, 2.75) is 13.8 Å². The molecule has 3 rings (SSSR count). The lowest BCUT2D eigenvalue weighted by molar-refractivity contribution is 0.101. The summed E-state index contributed by atoms with van der Waals surface area (Å²) in [6.07, 6.45) is 0. The first-order chi connectivity index (χ1) is 10.5. The van der Waals surface area contributed by atoms with E-state index >= 15 is 0 Å². The van der Waals surface area contributed by atoms with Crippen LogP contribution in [-0.4, -0.2) is 10.8 Å². The minimum atomic E-state index is -0.311. The van der Waals surface area contributed by atoms with E-state index in [9.17, 15) is 9.18 Å². The molecule has 22 heavy (non-hydrogen) atoms. The zero-order chi connectivity index (χ0) is 15.9. The lowest BCUT2D eigenvalue weighted by Crippen LogP contribution is -1.97. The molecule has 110 valence electrons. The van der Waals surface area contributed by atoms with Gasteiger partial charge in [-0.25, -0.2) is 9.37 Å². The number of carbonyl (C=O) groups excluding carboxylic acids is 1. The Balaban J connectivity index is 2.31. The van der Waals surface area contributed by atoms with Gasteiger partial charge in [-0.3, -0.25) is 4.79 Å². The summed E-state index contributed by atoms with van der Waals surface area (Å²) in [7, 11) is 0. The third kappa shape index (κ3) is 2.60. The highest BCUT2D eigenvalue weighted by Gasteiger charge is 2.13. The zero-order valence-corrected chi connectivity index (χ0v) is 12.9. The molecule has 0 saturated heterocycles. The highest BCUT2D eigenvalue weighted by Crippen LogP contribution is 2.32. The predicted molar refractivity (Wildman–Crippen MR) is 86.9 cm³/mol. The second-order valence-electron chi connectivity index (χ2n) is 5.27. The first-order valence-electron chi connectivity index (χ1n) is 6.83. The van der Waals surface area contributed by atoms with Crippen LogP contribution in [0.3, 0.4) is 0 Å². The Morgan fingerprint density at radius 1 is 1.14 bits per heavy atom. The molecule has 0 fully saturated rings. The Labute approximate surface area is 132 Å². The molecule has 0 aliphatic carbocycles. The van der Waals surface area contributed by atoms with E-state index in [1.807, 2.05) is 25.1 Å². The van der Waals surface area contributed by atoms with Crippen molar-refractivity contribution >= 4 is 28.3 Å². The SMILES string of the molecule is CC(=O)c1cc(C)cc2nc(Cl)c(-c3ccc(F)cc3)cc12. The van der Waals surface area contributed by atoms with Crippen LogP contribution in [0.4, 0.5) is 4.39 Å². The number of hydrogen-bond donors (Lipinski definition) is 0. The van der Waals surface area contributed by atoms with Gasteiger partial charge in [0, 0.05) is 16.5 Å². The van der Waals surface area contributed by atoms with E-state index in [0.717, 1.165) is 16.5 Å². The Bertz CT molecular complexity index is 888. The summed E-state index contributed by atoms with van der Waals surface area (Å²) in [6, 6.07) is 11.6. The second kappa shape index (κ2) is 5.50. The van der Waals surface area contributed by atoms with E-state index in [0.29, 0.717) is 21.8 Å². The summed E-state index contributed by atoms with van der Waals surface area (Å²) in [5.74, 6) is -0.337. The van der Waals surface area contributed by atoms with Crippen molar-refractivity contribution in [3.05, 3.63) is 64.6 Å². The summed E-state index contributed by atoms with van der Waals surface area (Å²) in [6.45, 7) is 3.44. The molecule has 4 heteroatoms. The standard InChI is InChI=1S/C18H13ClFNO/c1-10-7-14(11(2)22)16-9-15(18(19)21-17(16)8-10)12-3-5-13(20)6-4-12/h3-9H,1-2H3. The maximum absolute atomic E-state index is 13.1. The maximum atomic E-state index is 13.1. The summed E-state index contributed by atoms with van der Waals surface area (Å²) < 4.78 is 13.1.